The smallest absolute Gasteiger partial charge is 0.240 e. The molecule has 2 unspecified atom stereocenters. The molecule has 3 aromatic rings. The summed E-state index contributed by atoms with van der Waals surface area (Å²) in [6.45, 7) is 2.01. The average Bonchev–Trinajstić information content (AvgIpc) is 3.57. The van der Waals surface area contributed by atoms with Crippen molar-refractivity contribution in [3.63, 3.8) is 0 Å². The number of amides is 1. The second-order valence-corrected chi connectivity index (χ2v) is 9.30. The van der Waals surface area contributed by atoms with Crippen molar-refractivity contribution < 1.29 is 14.3 Å². The topological polar surface area (TPSA) is 129 Å². The zero-order valence-corrected chi connectivity index (χ0v) is 20.5. The predicted octanol–water partition coefficient (Wildman–Crippen LogP) is 2.91. The van der Waals surface area contributed by atoms with E-state index in [1.165, 1.54) is 24.3 Å². The van der Waals surface area contributed by atoms with E-state index in [4.69, 9.17) is 21.1 Å². The lowest BCUT2D eigenvalue weighted by Gasteiger charge is -2.21. The Bertz CT molecular complexity index is 1130. The molecule has 180 valence electrons. The Morgan fingerprint density at radius 3 is 2.71 bits per heavy atom. The molecule has 0 spiro atoms. The van der Waals surface area contributed by atoms with Crippen LogP contribution in [0.5, 0.6) is 5.88 Å². The lowest BCUT2D eigenvalue weighted by Crippen LogP contribution is -2.30. The molecule has 1 fully saturated rings. The van der Waals surface area contributed by atoms with E-state index in [1.54, 1.807) is 30.9 Å². The van der Waals surface area contributed by atoms with Crippen LogP contribution in [-0.2, 0) is 16.1 Å². The molecule has 1 aliphatic rings. The molecule has 3 aromatic heterocycles. The average molecular weight is 505 g/mol. The molecule has 0 bridgehead atoms. The number of hydrogen-bond acceptors (Lipinski definition) is 10. The lowest BCUT2D eigenvalue weighted by molar-refractivity contribution is -0.121. The zero-order valence-electron chi connectivity index (χ0n) is 18.9. The highest BCUT2D eigenvalue weighted by molar-refractivity contribution is 8.01. The van der Waals surface area contributed by atoms with E-state index < -0.39 is 6.10 Å². The molecular formula is C21H25ClN8O3S. The van der Waals surface area contributed by atoms with Crippen LogP contribution >= 0.6 is 23.5 Å². The first-order chi connectivity index (χ1) is 16.5. The van der Waals surface area contributed by atoms with E-state index in [-0.39, 0.29) is 23.7 Å². The molecule has 0 saturated heterocycles. The van der Waals surface area contributed by atoms with E-state index >= 15 is 0 Å². The first kappa shape index (κ1) is 24.2. The molecule has 1 amide bonds. The molecular weight excluding hydrogens is 480 g/mol. The van der Waals surface area contributed by atoms with Gasteiger partial charge in [-0.3, -0.25) is 14.1 Å². The largest absolute Gasteiger partial charge is 0.481 e. The fraction of sp³-hybridized carbons (Fsp3) is 0.429. The Balaban J connectivity index is 1.54. The van der Waals surface area contributed by atoms with Crippen LogP contribution in [0.3, 0.4) is 0 Å². The van der Waals surface area contributed by atoms with Crippen molar-refractivity contribution in [1.29, 1.82) is 0 Å². The Morgan fingerprint density at radius 1 is 1.26 bits per heavy atom. The number of rotatable bonds is 11. The minimum atomic E-state index is -0.399. The Morgan fingerprint density at radius 2 is 2.03 bits per heavy atom. The molecule has 2 atom stereocenters. The van der Waals surface area contributed by atoms with Gasteiger partial charge < -0.3 is 14.8 Å². The molecule has 34 heavy (non-hydrogen) atoms. The van der Waals surface area contributed by atoms with Crippen LogP contribution in [0.25, 0.3) is 11.5 Å². The van der Waals surface area contributed by atoms with Crippen LogP contribution in [0.4, 0.5) is 5.95 Å². The maximum Gasteiger partial charge on any atom is 0.240 e. The van der Waals surface area contributed by atoms with Crippen molar-refractivity contribution in [2.24, 2.45) is 0 Å². The second-order valence-electron chi connectivity index (χ2n) is 7.68. The van der Waals surface area contributed by atoms with E-state index in [2.05, 4.69) is 35.2 Å². The van der Waals surface area contributed by atoms with Crippen molar-refractivity contribution in [2.75, 3.05) is 18.9 Å². The maximum absolute atomic E-state index is 12.6. The van der Waals surface area contributed by atoms with Crippen molar-refractivity contribution in [1.82, 2.24) is 35.0 Å². The minimum Gasteiger partial charge on any atom is -0.481 e. The summed E-state index contributed by atoms with van der Waals surface area (Å²) in [6.07, 6.45) is 4.67. The molecule has 0 aliphatic heterocycles. The molecule has 13 heteroatoms. The summed E-state index contributed by atoms with van der Waals surface area (Å²) in [4.78, 5) is 25.6. The van der Waals surface area contributed by atoms with Crippen LogP contribution in [0.1, 0.15) is 31.7 Å². The summed E-state index contributed by atoms with van der Waals surface area (Å²) in [7, 11) is 3.14. The van der Waals surface area contributed by atoms with Gasteiger partial charge in [0.25, 0.3) is 0 Å². The van der Waals surface area contributed by atoms with Gasteiger partial charge in [0.05, 0.1) is 17.4 Å². The van der Waals surface area contributed by atoms with Crippen LogP contribution in [0.15, 0.2) is 30.6 Å². The highest BCUT2D eigenvalue weighted by atomic mass is 35.5. The summed E-state index contributed by atoms with van der Waals surface area (Å²) in [5.74, 6) is 1.70. The van der Waals surface area contributed by atoms with Gasteiger partial charge in [-0.2, -0.15) is 0 Å². The molecule has 0 aromatic carbocycles. The predicted molar refractivity (Wildman–Crippen MR) is 128 cm³/mol. The quantitative estimate of drug-likeness (QED) is 0.376. The summed E-state index contributed by atoms with van der Waals surface area (Å²) in [5.41, 5.74) is 0.543. The third-order valence-electron chi connectivity index (χ3n) is 5.07. The van der Waals surface area contributed by atoms with Gasteiger partial charge in [0.1, 0.15) is 18.3 Å². The van der Waals surface area contributed by atoms with Crippen LogP contribution in [0, 0.1) is 0 Å². The number of carbonyl (C=O) groups excluding carboxylic acids is 1. The van der Waals surface area contributed by atoms with Gasteiger partial charge in [-0.1, -0.05) is 17.7 Å². The maximum atomic E-state index is 12.6. The summed E-state index contributed by atoms with van der Waals surface area (Å²) in [5, 5.41) is 11.9. The van der Waals surface area contributed by atoms with Gasteiger partial charge in [0, 0.05) is 31.6 Å². The molecule has 4 rings (SSSR count). The number of anilines is 1. The normalized spacial score (nSPS) is 14.9. The van der Waals surface area contributed by atoms with E-state index in [0.717, 1.165) is 12.8 Å². The molecule has 11 nitrogen and oxygen atoms in total. The SMILES string of the molecule is COc1cccc(-c2nnc(NSC(C)C(OC)c3ncc(Cl)cn3)n2CC(=O)NC2CC2)n1. The number of ether oxygens (including phenoxy) is 2. The van der Waals surface area contributed by atoms with Gasteiger partial charge in [0.15, 0.2) is 11.6 Å². The number of nitrogens with one attached hydrogen (secondary N) is 2. The first-order valence-electron chi connectivity index (χ1n) is 10.6. The van der Waals surface area contributed by atoms with Gasteiger partial charge in [-0.15, -0.1) is 10.2 Å². The summed E-state index contributed by atoms with van der Waals surface area (Å²) >= 11 is 7.26. The molecule has 3 heterocycles. The number of pyridine rings is 1. The van der Waals surface area contributed by atoms with Crippen molar-refractivity contribution in [2.45, 2.75) is 43.7 Å². The fourth-order valence-electron chi connectivity index (χ4n) is 3.20. The fourth-order valence-corrected chi connectivity index (χ4v) is 4.10. The van der Waals surface area contributed by atoms with E-state index in [0.29, 0.717) is 34.2 Å². The van der Waals surface area contributed by atoms with Crippen molar-refractivity contribution >= 4 is 35.4 Å². The van der Waals surface area contributed by atoms with Gasteiger partial charge in [0.2, 0.25) is 17.7 Å². The monoisotopic (exact) mass is 504 g/mol. The molecule has 2 N–H and O–H groups in total. The minimum absolute atomic E-state index is 0.0446. The highest BCUT2D eigenvalue weighted by Crippen LogP contribution is 2.29. The number of hydrogen-bond donors (Lipinski definition) is 2. The third kappa shape index (κ3) is 5.93. The third-order valence-corrected chi connectivity index (χ3v) is 6.18. The molecule has 1 aliphatic carbocycles. The summed E-state index contributed by atoms with van der Waals surface area (Å²) in [6, 6.07) is 5.59. The number of aromatic nitrogens is 6. The number of nitrogens with zero attached hydrogens (tertiary/aromatic N) is 6. The first-order valence-corrected chi connectivity index (χ1v) is 11.9. The molecule has 1 saturated carbocycles. The standard InChI is InChI=1S/C21H25ClN8O3S/c1-12(18(33-3)19-23-9-13(22)10-24-19)34-29-21-28-27-20(15-5-4-6-17(26-15)32-2)30(21)11-16(31)25-14-7-8-14/h4-6,9-10,12,14,18H,7-8,11H2,1-3H3,(H,25,31)(H,28,29). The Labute approximate surface area is 206 Å². The lowest BCUT2D eigenvalue weighted by atomic mass is 10.2. The highest BCUT2D eigenvalue weighted by Gasteiger charge is 2.26. The van der Waals surface area contributed by atoms with Gasteiger partial charge >= 0.3 is 0 Å². The van der Waals surface area contributed by atoms with Crippen LogP contribution in [0.2, 0.25) is 5.02 Å². The van der Waals surface area contributed by atoms with Gasteiger partial charge in [-0.05, 0) is 37.8 Å². The number of methoxy groups -OCH3 is 2. The summed E-state index contributed by atoms with van der Waals surface area (Å²) < 4.78 is 15.7. The van der Waals surface area contributed by atoms with E-state index in [9.17, 15) is 4.79 Å². The molecule has 0 radical (unpaired) electrons. The van der Waals surface area contributed by atoms with E-state index in [1.807, 2.05) is 13.0 Å². The number of halogens is 1. The number of carbonyl (C=O) groups is 1. The second kappa shape index (κ2) is 11.0. The van der Waals surface area contributed by atoms with Crippen molar-refractivity contribution in [3.8, 4) is 17.4 Å². The Kier molecular flexibility index (Phi) is 7.80. The van der Waals surface area contributed by atoms with Crippen LogP contribution < -0.4 is 14.8 Å². The zero-order chi connectivity index (χ0) is 24.1. The van der Waals surface area contributed by atoms with Crippen LogP contribution in [-0.4, -0.2) is 61.1 Å². The Hall–Kier alpha value is -2.96. The van der Waals surface area contributed by atoms with Gasteiger partial charge in [-0.25, -0.2) is 15.0 Å². The van der Waals surface area contributed by atoms with Crippen molar-refractivity contribution in [3.05, 3.63) is 41.4 Å².